The summed E-state index contributed by atoms with van der Waals surface area (Å²) in [7, 11) is 1.35. The Morgan fingerprint density at radius 2 is 1.71 bits per heavy atom. The lowest BCUT2D eigenvalue weighted by atomic mass is 10.0. The SMILES string of the molecule is COC(=O)c1ccc(C(=O)N2CCCC2Cc2ccccc2)cc1. The molecule has 1 saturated heterocycles. The van der Waals surface area contributed by atoms with Crippen molar-refractivity contribution in [1.29, 1.82) is 0 Å². The van der Waals surface area contributed by atoms with Gasteiger partial charge in [-0.1, -0.05) is 30.3 Å². The second-order valence-corrected chi connectivity index (χ2v) is 6.05. The van der Waals surface area contributed by atoms with Crippen LogP contribution in [0.4, 0.5) is 0 Å². The van der Waals surface area contributed by atoms with Crippen molar-refractivity contribution in [3.63, 3.8) is 0 Å². The van der Waals surface area contributed by atoms with Gasteiger partial charge in [0.25, 0.3) is 5.91 Å². The second-order valence-electron chi connectivity index (χ2n) is 6.05. The molecule has 0 aromatic heterocycles. The van der Waals surface area contributed by atoms with Crippen LogP contribution in [0.2, 0.25) is 0 Å². The van der Waals surface area contributed by atoms with Crippen LogP contribution < -0.4 is 0 Å². The monoisotopic (exact) mass is 323 g/mol. The van der Waals surface area contributed by atoms with Crippen molar-refractivity contribution >= 4 is 11.9 Å². The average Bonchev–Trinajstić information content (AvgIpc) is 3.09. The van der Waals surface area contributed by atoms with Crippen molar-refractivity contribution in [2.45, 2.75) is 25.3 Å². The van der Waals surface area contributed by atoms with Crippen LogP contribution in [0, 0.1) is 0 Å². The third-order valence-corrected chi connectivity index (χ3v) is 4.51. The summed E-state index contributed by atoms with van der Waals surface area (Å²) >= 11 is 0. The number of hydrogen-bond donors (Lipinski definition) is 0. The van der Waals surface area contributed by atoms with Gasteiger partial charge in [-0.3, -0.25) is 4.79 Å². The summed E-state index contributed by atoms with van der Waals surface area (Å²) in [6.45, 7) is 0.787. The zero-order valence-electron chi connectivity index (χ0n) is 13.8. The van der Waals surface area contributed by atoms with Crippen LogP contribution in [-0.2, 0) is 11.2 Å². The number of likely N-dealkylation sites (tertiary alicyclic amines) is 1. The third kappa shape index (κ3) is 3.48. The largest absolute Gasteiger partial charge is 0.465 e. The molecular formula is C20H21NO3. The summed E-state index contributed by atoms with van der Waals surface area (Å²) < 4.78 is 4.69. The molecule has 2 aromatic rings. The van der Waals surface area contributed by atoms with Gasteiger partial charge in [-0.15, -0.1) is 0 Å². The van der Waals surface area contributed by atoms with E-state index in [1.807, 2.05) is 23.1 Å². The maximum absolute atomic E-state index is 12.8. The molecule has 4 heteroatoms. The topological polar surface area (TPSA) is 46.6 Å². The fourth-order valence-electron chi connectivity index (χ4n) is 3.23. The molecule has 1 aliphatic rings. The number of carbonyl (C=O) groups is 2. The quantitative estimate of drug-likeness (QED) is 0.811. The van der Waals surface area contributed by atoms with Gasteiger partial charge in [0.05, 0.1) is 12.7 Å². The van der Waals surface area contributed by atoms with Crippen molar-refractivity contribution < 1.29 is 14.3 Å². The van der Waals surface area contributed by atoms with E-state index in [-0.39, 0.29) is 11.9 Å². The first-order valence-electron chi connectivity index (χ1n) is 8.22. The lowest BCUT2D eigenvalue weighted by Crippen LogP contribution is -2.36. The van der Waals surface area contributed by atoms with Gasteiger partial charge >= 0.3 is 5.97 Å². The van der Waals surface area contributed by atoms with Gasteiger partial charge in [-0.05, 0) is 49.1 Å². The Kier molecular flexibility index (Phi) is 4.94. The highest BCUT2D eigenvalue weighted by Gasteiger charge is 2.29. The molecule has 0 aliphatic carbocycles. The van der Waals surface area contributed by atoms with Gasteiger partial charge in [-0.2, -0.15) is 0 Å². The molecule has 1 amide bonds. The molecule has 1 aliphatic heterocycles. The molecule has 0 N–H and O–H groups in total. The van der Waals surface area contributed by atoms with E-state index in [9.17, 15) is 9.59 Å². The number of benzene rings is 2. The zero-order valence-corrected chi connectivity index (χ0v) is 13.8. The van der Waals surface area contributed by atoms with Crippen molar-refractivity contribution in [1.82, 2.24) is 4.90 Å². The zero-order chi connectivity index (χ0) is 16.9. The van der Waals surface area contributed by atoms with E-state index < -0.39 is 5.97 Å². The predicted molar refractivity (Wildman–Crippen MR) is 92.0 cm³/mol. The normalized spacial score (nSPS) is 16.9. The smallest absolute Gasteiger partial charge is 0.337 e. The molecule has 1 atom stereocenters. The highest BCUT2D eigenvalue weighted by atomic mass is 16.5. The summed E-state index contributed by atoms with van der Waals surface area (Å²) in [5.74, 6) is -0.359. The van der Waals surface area contributed by atoms with Gasteiger partial charge < -0.3 is 9.64 Å². The molecule has 0 bridgehead atoms. The molecule has 124 valence electrons. The number of amides is 1. The van der Waals surface area contributed by atoms with E-state index >= 15 is 0 Å². The summed E-state index contributed by atoms with van der Waals surface area (Å²) in [4.78, 5) is 26.3. The van der Waals surface area contributed by atoms with E-state index in [2.05, 4.69) is 16.9 Å². The number of methoxy groups -OCH3 is 1. The third-order valence-electron chi connectivity index (χ3n) is 4.51. The summed E-state index contributed by atoms with van der Waals surface area (Å²) in [6, 6.07) is 17.2. The standard InChI is InChI=1S/C20H21NO3/c1-24-20(23)17-11-9-16(10-12-17)19(22)21-13-5-8-18(21)14-15-6-3-2-4-7-15/h2-4,6-7,9-12,18H,5,8,13-14H2,1H3. The molecular weight excluding hydrogens is 302 g/mol. The summed E-state index contributed by atoms with van der Waals surface area (Å²) in [6.07, 6.45) is 2.94. The Bertz CT molecular complexity index is 709. The molecule has 0 radical (unpaired) electrons. The van der Waals surface area contributed by atoms with Crippen LogP contribution in [-0.4, -0.2) is 36.5 Å². The van der Waals surface area contributed by atoms with Crippen molar-refractivity contribution in [3.8, 4) is 0 Å². The number of ether oxygens (including phenoxy) is 1. The lowest BCUT2D eigenvalue weighted by Gasteiger charge is -2.25. The molecule has 24 heavy (non-hydrogen) atoms. The Hall–Kier alpha value is -2.62. The van der Waals surface area contributed by atoms with Crippen LogP contribution in [0.3, 0.4) is 0 Å². The first kappa shape index (κ1) is 16.2. The fraction of sp³-hybridized carbons (Fsp3) is 0.300. The maximum Gasteiger partial charge on any atom is 0.337 e. The predicted octanol–water partition coefficient (Wildman–Crippen LogP) is 3.32. The number of carbonyl (C=O) groups excluding carboxylic acids is 2. The van der Waals surface area contributed by atoms with E-state index in [0.717, 1.165) is 25.8 Å². The van der Waals surface area contributed by atoms with Gasteiger partial charge in [0.2, 0.25) is 0 Å². The van der Waals surface area contributed by atoms with Crippen molar-refractivity contribution in [3.05, 3.63) is 71.3 Å². The second kappa shape index (κ2) is 7.30. The maximum atomic E-state index is 12.8. The lowest BCUT2D eigenvalue weighted by molar-refractivity contribution is 0.0599. The molecule has 3 rings (SSSR count). The molecule has 0 spiro atoms. The van der Waals surface area contributed by atoms with Crippen LogP contribution >= 0.6 is 0 Å². The van der Waals surface area contributed by atoms with Gasteiger partial charge in [0.1, 0.15) is 0 Å². The first-order valence-corrected chi connectivity index (χ1v) is 8.22. The van der Waals surface area contributed by atoms with E-state index in [1.54, 1.807) is 24.3 Å². The highest BCUT2D eigenvalue weighted by molar-refractivity contribution is 5.96. The Morgan fingerprint density at radius 3 is 2.38 bits per heavy atom. The van der Waals surface area contributed by atoms with Gasteiger partial charge in [0.15, 0.2) is 0 Å². The number of rotatable bonds is 4. The minimum absolute atomic E-state index is 0.0323. The van der Waals surface area contributed by atoms with Crippen molar-refractivity contribution in [2.24, 2.45) is 0 Å². The molecule has 2 aromatic carbocycles. The number of nitrogens with zero attached hydrogens (tertiary/aromatic N) is 1. The average molecular weight is 323 g/mol. The van der Waals surface area contributed by atoms with Gasteiger partial charge in [0, 0.05) is 18.2 Å². The molecule has 1 unspecified atom stereocenters. The molecule has 0 saturated carbocycles. The molecule has 1 fully saturated rings. The highest BCUT2D eigenvalue weighted by Crippen LogP contribution is 2.23. The van der Waals surface area contributed by atoms with E-state index in [1.165, 1.54) is 12.7 Å². The summed E-state index contributed by atoms with van der Waals surface area (Å²) in [5.41, 5.74) is 2.32. The Balaban J connectivity index is 1.72. The Labute approximate surface area is 142 Å². The van der Waals surface area contributed by atoms with E-state index in [4.69, 9.17) is 0 Å². The Morgan fingerprint density at radius 1 is 1.04 bits per heavy atom. The van der Waals surface area contributed by atoms with Crippen molar-refractivity contribution in [2.75, 3.05) is 13.7 Å². The van der Waals surface area contributed by atoms with E-state index in [0.29, 0.717) is 11.1 Å². The van der Waals surface area contributed by atoms with Crippen LogP contribution in [0.25, 0.3) is 0 Å². The summed E-state index contributed by atoms with van der Waals surface area (Å²) in [5, 5.41) is 0. The number of hydrogen-bond acceptors (Lipinski definition) is 3. The van der Waals surface area contributed by atoms with Gasteiger partial charge in [-0.25, -0.2) is 4.79 Å². The number of esters is 1. The van der Waals surface area contributed by atoms with Crippen LogP contribution in [0.1, 0.15) is 39.1 Å². The minimum Gasteiger partial charge on any atom is -0.465 e. The fourth-order valence-corrected chi connectivity index (χ4v) is 3.23. The molecule has 4 nitrogen and oxygen atoms in total. The van der Waals surface area contributed by atoms with Crippen LogP contribution in [0.5, 0.6) is 0 Å². The molecule has 1 heterocycles. The minimum atomic E-state index is -0.392. The first-order chi connectivity index (χ1) is 11.7. The van der Waals surface area contributed by atoms with Crippen LogP contribution in [0.15, 0.2) is 54.6 Å².